The van der Waals surface area contributed by atoms with Crippen LogP contribution in [0.4, 0.5) is 0 Å². The van der Waals surface area contributed by atoms with Gasteiger partial charge in [0.15, 0.2) is 0 Å². The molecule has 0 N–H and O–H groups in total. The second kappa shape index (κ2) is 6.94. The molecule has 0 unspecified atom stereocenters. The van der Waals surface area contributed by atoms with Gasteiger partial charge in [-0.1, -0.05) is 44.4 Å². The summed E-state index contributed by atoms with van der Waals surface area (Å²) in [4.78, 5) is 1.43. The summed E-state index contributed by atoms with van der Waals surface area (Å²) in [5, 5.41) is 0. The molecular weight excluding hydrogens is 188 g/mol. The molecule has 1 aromatic rings. The van der Waals surface area contributed by atoms with Crippen molar-refractivity contribution in [2.45, 2.75) is 37.0 Å². The van der Waals surface area contributed by atoms with Crippen LogP contribution in [-0.2, 0) is 6.42 Å². The summed E-state index contributed by atoms with van der Waals surface area (Å²) >= 11 is 1.85. The topological polar surface area (TPSA) is 0 Å². The van der Waals surface area contributed by atoms with E-state index in [4.69, 9.17) is 0 Å². The van der Waals surface area contributed by atoms with E-state index in [1.54, 1.807) is 0 Å². The zero-order valence-corrected chi connectivity index (χ0v) is 9.78. The average molecular weight is 207 g/mol. The first-order valence-electron chi connectivity index (χ1n) is 5.29. The molecule has 0 aliphatic carbocycles. The zero-order valence-electron chi connectivity index (χ0n) is 8.96. The van der Waals surface area contributed by atoms with E-state index in [-0.39, 0.29) is 0 Å². The van der Waals surface area contributed by atoms with Gasteiger partial charge < -0.3 is 0 Å². The van der Waals surface area contributed by atoms with Crippen LogP contribution in [0.2, 0.25) is 0 Å². The maximum Gasteiger partial charge on any atom is 0.0101 e. The molecule has 0 aliphatic rings. The fraction of sp³-hybridized carbons (Fsp3) is 0.462. The molecule has 1 heteroatoms. The number of rotatable bonds is 6. The molecule has 1 aromatic carbocycles. The highest BCUT2D eigenvalue weighted by atomic mass is 32.2. The summed E-state index contributed by atoms with van der Waals surface area (Å²) in [5.74, 6) is 0. The van der Waals surface area contributed by atoms with Crippen LogP contribution in [0, 0.1) is 6.92 Å². The van der Waals surface area contributed by atoms with Gasteiger partial charge >= 0.3 is 0 Å². The van der Waals surface area contributed by atoms with E-state index in [9.17, 15) is 0 Å². The SMILES string of the molecule is [CH2]CCCCCc1ccccc1SC. The quantitative estimate of drug-likeness (QED) is 0.494. The Bertz CT molecular complexity index is 255. The van der Waals surface area contributed by atoms with Gasteiger partial charge in [-0.25, -0.2) is 0 Å². The minimum absolute atomic E-state index is 1.07. The van der Waals surface area contributed by atoms with Crippen molar-refractivity contribution in [3.63, 3.8) is 0 Å². The van der Waals surface area contributed by atoms with Gasteiger partial charge in [-0.05, 0) is 30.7 Å². The minimum Gasteiger partial charge on any atom is -0.129 e. The van der Waals surface area contributed by atoms with Crippen molar-refractivity contribution in [3.05, 3.63) is 36.8 Å². The third-order valence-corrected chi connectivity index (χ3v) is 3.23. The highest BCUT2D eigenvalue weighted by Gasteiger charge is 1.99. The number of hydrogen-bond donors (Lipinski definition) is 0. The van der Waals surface area contributed by atoms with Gasteiger partial charge in [0.2, 0.25) is 0 Å². The second-order valence-electron chi connectivity index (χ2n) is 3.48. The van der Waals surface area contributed by atoms with Gasteiger partial charge in [0.05, 0.1) is 0 Å². The van der Waals surface area contributed by atoms with Gasteiger partial charge in [-0.3, -0.25) is 0 Å². The molecule has 0 saturated heterocycles. The lowest BCUT2D eigenvalue weighted by molar-refractivity contribution is 0.682. The predicted octanol–water partition coefficient (Wildman–Crippen LogP) is 4.35. The Morgan fingerprint density at radius 2 is 1.93 bits per heavy atom. The van der Waals surface area contributed by atoms with Crippen molar-refractivity contribution in [1.29, 1.82) is 0 Å². The summed E-state index contributed by atoms with van der Waals surface area (Å²) in [6, 6.07) is 8.71. The van der Waals surface area contributed by atoms with E-state index in [0.717, 1.165) is 6.42 Å². The first-order valence-corrected chi connectivity index (χ1v) is 6.52. The molecule has 77 valence electrons. The largest absolute Gasteiger partial charge is 0.129 e. The smallest absolute Gasteiger partial charge is 0.0101 e. The molecule has 0 heterocycles. The fourth-order valence-electron chi connectivity index (χ4n) is 1.58. The molecule has 1 rings (SSSR count). The summed E-state index contributed by atoms with van der Waals surface area (Å²) in [7, 11) is 0. The van der Waals surface area contributed by atoms with Crippen molar-refractivity contribution < 1.29 is 0 Å². The average Bonchev–Trinajstić information content (AvgIpc) is 2.25. The van der Waals surface area contributed by atoms with Crippen molar-refractivity contribution in [2.75, 3.05) is 6.26 Å². The van der Waals surface area contributed by atoms with Crippen LogP contribution in [0.15, 0.2) is 29.2 Å². The Labute approximate surface area is 92.1 Å². The Morgan fingerprint density at radius 1 is 1.14 bits per heavy atom. The fourth-order valence-corrected chi connectivity index (χ4v) is 2.23. The van der Waals surface area contributed by atoms with E-state index in [1.807, 2.05) is 11.8 Å². The maximum atomic E-state index is 3.86. The van der Waals surface area contributed by atoms with E-state index >= 15 is 0 Å². The molecule has 0 amide bonds. The molecule has 1 radical (unpaired) electrons. The number of hydrogen-bond acceptors (Lipinski definition) is 1. The molecule has 0 atom stereocenters. The molecule has 0 spiro atoms. The van der Waals surface area contributed by atoms with Crippen LogP contribution < -0.4 is 0 Å². The monoisotopic (exact) mass is 207 g/mol. The second-order valence-corrected chi connectivity index (χ2v) is 4.32. The van der Waals surface area contributed by atoms with Crippen molar-refractivity contribution >= 4 is 11.8 Å². The molecule has 0 saturated carbocycles. The predicted molar refractivity (Wildman–Crippen MR) is 65.8 cm³/mol. The Morgan fingerprint density at radius 3 is 2.64 bits per heavy atom. The highest BCUT2D eigenvalue weighted by Crippen LogP contribution is 2.21. The molecule has 0 aromatic heterocycles. The van der Waals surface area contributed by atoms with Gasteiger partial charge in [-0.15, -0.1) is 11.8 Å². The van der Waals surface area contributed by atoms with Gasteiger partial charge in [-0.2, -0.15) is 0 Å². The number of benzene rings is 1. The molecule has 0 fully saturated rings. The van der Waals surface area contributed by atoms with E-state index in [1.165, 1.54) is 36.1 Å². The van der Waals surface area contributed by atoms with Crippen LogP contribution in [0.5, 0.6) is 0 Å². The van der Waals surface area contributed by atoms with Crippen molar-refractivity contribution in [1.82, 2.24) is 0 Å². The standard InChI is InChI=1S/C13H19S/c1-3-4-5-6-9-12-10-7-8-11-13(12)14-2/h7-8,10-11H,1,3-6,9H2,2H3. The minimum atomic E-state index is 1.07. The van der Waals surface area contributed by atoms with E-state index < -0.39 is 0 Å². The number of aryl methyl sites for hydroxylation is 1. The Hall–Kier alpha value is -0.430. The number of unbranched alkanes of at least 4 members (excludes halogenated alkanes) is 3. The first kappa shape index (κ1) is 11.6. The summed E-state index contributed by atoms with van der Waals surface area (Å²) in [6.45, 7) is 3.86. The lowest BCUT2D eigenvalue weighted by Gasteiger charge is -2.06. The third kappa shape index (κ3) is 3.75. The van der Waals surface area contributed by atoms with Crippen LogP contribution >= 0.6 is 11.8 Å². The van der Waals surface area contributed by atoms with E-state index in [2.05, 4.69) is 37.4 Å². The highest BCUT2D eigenvalue weighted by molar-refractivity contribution is 7.98. The molecular formula is C13H19S. The summed E-state index contributed by atoms with van der Waals surface area (Å²) in [6.07, 6.45) is 8.32. The van der Waals surface area contributed by atoms with Crippen LogP contribution in [0.3, 0.4) is 0 Å². The zero-order chi connectivity index (χ0) is 10.2. The van der Waals surface area contributed by atoms with Crippen LogP contribution in [0.1, 0.15) is 31.2 Å². The molecule has 0 nitrogen and oxygen atoms in total. The van der Waals surface area contributed by atoms with Crippen LogP contribution in [-0.4, -0.2) is 6.26 Å². The lowest BCUT2D eigenvalue weighted by Crippen LogP contribution is -1.88. The molecule has 0 bridgehead atoms. The third-order valence-electron chi connectivity index (χ3n) is 2.39. The molecule has 14 heavy (non-hydrogen) atoms. The summed E-state index contributed by atoms with van der Waals surface area (Å²) in [5.41, 5.74) is 1.50. The molecule has 0 aliphatic heterocycles. The van der Waals surface area contributed by atoms with Gasteiger partial charge in [0, 0.05) is 4.90 Å². The van der Waals surface area contributed by atoms with Gasteiger partial charge in [0.25, 0.3) is 0 Å². The van der Waals surface area contributed by atoms with E-state index in [0.29, 0.717) is 0 Å². The van der Waals surface area contributed by atoms with Crippen LogP contribution in [0.25, 0.3) is 0 Å². The summed E-state index contributed by atoms with van der Waals surface area (Å²) < 4.78 is 0. The number of thioether (sulfide) groups is 1. The Kier molecular flexibility index (Phi) is 5.77. The van der Waals surface area contributed by atoms with Gasteiger partial charge in [0.1, 0.15) is 0 Å². The Balaban J connectivity index is 2.41. The maximum absolute atomic E-state index is 3.86. The van der Waals surface area contributed by atoms with Crippen molar-refractivity contribution in [2.24, 2.45) is 0 Å². The van der Waals surface area contributed by atoms with Crippen molar-refractivity contribution in [3.8, 4) is 0 Å². The lowest BCUT2D eigenvalue weighted by atomic mass is 10.1. The normalized spacial score (nSPS) is 10.4. The first-order chi connectivity index (χ1) is 6.88.